The average Bonchev–Trinajstić information content (AvgIpc) is 3.61. The summed E-state index contributed by atoms with van der Waals surface area (Å²) in [5, 5.41) is 19.8. The Kier molecular flexibility index (Phi) is 6.07. The molecule has 5 heterocycles. The van der Waals surface area contributed by atoms with Gasteiger partial charge in [-0.25, -0.2) is 29.0 Å². The number of hydrogen-bond donors (Lipinski definition) is 3. The van der Waals surface area contributed by atoms with Gasteiger partial charge in [-0.05, 0) is 39.0 Å². The van der Waals surface area contributed by atoms with Gasteiger partial charge in [0.15, 0.2) is 11.5 Å². The maximum absolute atomic E-state index is 14.4. The van der Waals surface area contributed by atoms with Crippen LogP contribution in [0.25, 0.3) is 22.6 Å². The zero-order valence-corrected chi connectivity index (χ0v) is 23.2. The summed E-state index contributed by atoms with van der Waals surface area (Å²) in [5.41, 5.74) is 6.48. The number of nitrogens with one attached hydrogen (secondary N) is 1. The van der Waals surface area contributed by atoms with Crippen molar-refractivity contribution >= 4 is 45.9 Å². The molecule has 1 atom stereocenters. The molecule has 5 aromatic rings. The Morgan fingerprint density at radius 3 is 2.73 bits per heavy atom. The number of aromatic nitrogens is 6. The molecule has 13 heteroatoms. The number of hydrogen-bond acceptors (Lipinski definition) is 9. The fourth-order valence-electron chi connectivity index (χ4n) is 4.94. The van der Waals surface area contributed by atoms with E-state index in [0.717, 1.165) is 0 Å². The van der Waals surface area contributed by atoms with Crippen LogP contribution in [0.5, 0.6) is 0 Å². The van der Waals surface area contributed by atoms with Crippen LogP contribution in [0.4, 0.5) is 16.0 Å². The molecule has 0 saturated heterocycles. The van der Waals surface area contributed by atoms with Gasteiger partial charge in [0.25, 0.3) is 0 Å². The maximum atomic E-state index is 14.4. The van der Waals surface area contributed by atoms with Gasteiger partial charge in [0, 0.05) is 23.6 Å². The van der Waals surface area contributed by atoms with E-state index < -0.39 is 16.8 Å². The minimum absolute atomic E-state index is 0.0779. The predicted molar refractivity (Wildman–Crippen MR) is 151 cm³/mol. The number of benzene rings is 1. The summed E-state index contributed by atoms with van der Waals surface area (Å²) in [4.78, 5) is 43.2. The first-order chi connectivity index (χ1) is 19.5. The molecular weight excluding hydrogens is 547 g/mol. The fraction of sp³-hybridized carbons (Fsp3) is 0.250. The van der Waals surface area contributed by atoms with Crippen LogP contribution < -0.4 is 11.1 Å². The van der Waals surface area contributed by atoms with Crippen LogP contribution in [-0.4, -0.2) is 46.7 Å². The number of anilines is 2. The Hall–Kier alpha value is -4.78. The highest BCUT2D eigenvalue weighted by atomic mass is 32.1. The number of aliphatic carboxylic acids is 1. The van der Waals surface area contributed by atoms with Gasteiger partial charge in [-0.1, -0.05) is 18.2 Å². The van der Waals surface area contributed by atoms with E-state index in [4.69, 9.17) is 5.73 Å². The molecule has 41 heavy (non-hydrogen) atoms. The van der Waals surface area contributed by atoms with Crippen molar-refractivity contribution in [3.05, 3.63) is 75.6 Å². The molecule has 0 saturated carbocycles. The van der Waals surface area contributed by atoms with Crippen LogP contribution in [0.3, 0.4) is 0 Å². The third-order valence-electron chi connectivity index (χ3n) is 7.30. The van der Waals surface area contributed by atoms with E-state index in [0.29, 0.717) is 38.6 Å². The SMILES string of the molecule is CC(C)(Cc1csc(C2(C)C(=O)Nc3nc(-c4nn(Cc5ccccc5F)c5ncccc45)nc(N)c32)n1)C(=O)O. The smallest absolute Gasteiger partial charge is 0.309 e. The molecule has 1 amide bonds. The van der Waals surface area contributed by atoms with Crippen molar-refractivity contribution in [2.75, 3.05) is 11.1 Å². The summed E-state index contributed by atoms with van der Waals surface area (Å²) < 4.78 is 16.0. The van der Waals surface area contributed by atoms with Gasteiger partial charge in [-0.15, -0.1) is 11.3 Å². The number of nitrogens with zero attached hydrogens (tertiary/aromatic N) is 6. The first kappa shape index (κ1) is 26.4. The molecule has 1 aliphatic rings. The normalized spacial score (nSPS) is 16.6. The Balaban J connectivity index is 1.41. The molecule has 1 aliphatic heterocycles. The topological polar surface area (TPSA) is 162 Å². The van der Waals surface area contributed by atoms with Crippen molar-refractivity contribution < 1.29 is 19.1 Å². The average molecular weight is 573 g/mol. The molecule has 4 aromatic heterocycles. The lowest BCUT2D eigenvalue weighted by molar-refractivity contribution is -0.146. The number of nitrogen functional groups attached to an aromatic ring is 1. The van der Waals surface area contributed by atoms with Gasteiger partial charge in [-0.2, -0.15) is 5.10 Å². The van der Waals surface area contributed by atoms with Gasteiger partial charge in [0.2, 0.25) is 5.91 Å². The minimum Gasteiger partial charge on any atom is -0.481 e. The number of carboxylic acids is 1. The number of halogens is 1. The van der Waals surface area contributed by atoms with Crippen molar-refractivity contribution in [2.45, 2.75) is 39.2 Å². The number of fused-ring (bicyclic) bond motifs is 2. The molecular formula is C28H25FN8O3S. The summed E-state index contributed by atoms with van der Waals surface area (Å²) in [5.74, 6) is -1.17. The quantitative estimate of drug-likeness (QED) is 0.261. The Morgan fingerprint density at radius 1 is 1.20 bits per heavy atom. The van der Waals surface area contributed by atoms with Crippen LogP contribution in [0.15, 0.2) is 48.0 Å². The molecule has 0 aliphatic carbocycles. The summed E-state index contributed by atoms with van der Waals surface area (Å²) in [6.45, 7) is 5.08. The second kappa shape index (κ2) is 9.41. The van der Waals surface area contributed by atoms with Gasteiger partial charge in [0.1, 0.15) is 33.6 Å². The number of carbonyl (C=O) groups excluding carboxylic acids is 1. The van der Waals surface area contributed by atoms with E-state index in [1.165, 1.54) is 17.4 Å². The van der Waals surface area contributed by atoms with Gasteiger partial charge >= 0.3 is 5.97 Å². The first-order valence-electron chi connectivity index (χ1n) is 12.7. The van der Waals surface area contributed by atoms with Crippen molar-refractivity contribution in [2.24, 2.45) is 5.41 Å². The van der Waals surface area contributed by atoms with E-state index in [9.17, 15) is 19.1 Å². The molecule has 11 nitrogen and oxygen atoms in total. The van der Waals surface area contributed by atoms with Crippen molar-refractivity contribution in [3.8, 4) is 11.5 Å². The molecule has 1 aromatic carbocycles. The molecule has 6 rings (SSSR count). The van der Waals surface area contributed by atoms with E-state index in [-0.39, 0.29) is 42.2 Å². The number of nitrogens with two attached hydrogens (primary N) is 1. The van der Waals surface area contributed by atoms with Crippen LogP contribution in [0.1, 0.15) is 42.6 Å². The third kappa shape index (κ3) is 4.29. The second-order valence-electron chi connectivity index (χ2n) is 10.7. The molecule has 0 radical (unpaired) electrons. The molecule has 208 valence electrons. The standard InChI is InChI=1S/C28H25FN8O3S/c1-27(2,26(39)40)11-15-13-41-25(32-15)28(3)18-20(30)33-22(34-21(18)35-24(28)38)19-16-8-6-10-31-23(16)37(36-19)12-14-7-4-5-9-17(14)29/h4-10,13H,11-12H2,1-3H3,(H,39,40)(H3,30,33,34,35,38). The van der Waals surface area contributed by atoms with Crippen LogP contribution >= 0.6 is 11.3 Å². The summed E-state index contributed by atoms with van der Waals surface area (Å²) in [6.07, 6.45) is 1.82. The number of rotatable bonds is 7. The highest BCUT2D eigenvalue weighted by Gasteiger charge is 2.50. The Morgan fingerprint density at radius 2 is 1.98 bits per heavy atom. The lowest BCUT2D eigenvalue weighted by atomic mass is 9.85. The van der Waals surface area contributed by atoms with Crippen molar-refractivity contribution in [3.63, 3.8) is 0 Å². The van der Waals surface area contributed by atoms with Crippen LogP contribution in [-0.2, 0) is 28.0 Å². The van der Waals surface area contributed by atoms with Gasteiger partial charge in [-0.3, -0.25) is 9.59 Å². The van der Waals surface area contributed by atoms with Gasteiger partial charge < -0.3 is 16.2 Å². The Bertz CT molecular complexity index is 1870. The van der Waals surface area contributed by atoms with E-state index in [1.54, 1.807) is 61.3 Å². The van der Waals surface area contributed by atoms with Crippen molar-refractivity contribution in [1.82, 2.24) is 29.7 Å². The van der Waals surface area contributed by atoms with E-state index in [2.05, 4.69) is 30.4 Å². The number of thiazole rings is 1. The zero-order chi connectivity index (χ0) is 29.1. The molecule has 0 fully saturated rings. The number of carbonyl (C=O) groups is 2. The molecule has 0 bridgehead atoms. The third-order valence-corrected chi connectivity index (χ3v) is 8.41. The molecule has 0 spiro atoms. The highest BCUT2D eigenvalue weighted by Crippen LogP contribution is 2.46. The molecule has 4 N–H and O–H groups in total. The second-order valence-corrected chi connectivity index (χ2v) is 11.6. The summed E-state index contributed by atoms with van der Waals surface area (Å²) in [6, 6.07) is 10.0. The number of amides is 1. The summed E-state index contributed by atoms with van der Waals surface area (Å²) in [7, 11) is 0. The predicted octanol–water partition coefficient (Wildman–Crippen LogP) is 4.03. The highest BCUT2D eigenvalue weighted by molar-refractivity contribution is 7.10. The Labute approximate surface area is 237 Å². The maximum Gasteiger partial charge on any atom is 0.309 e. The summed E-state index contributed by atoms with van der Waals surface area (Å²) >= 11 is 1.25. The van der Waals surface area contributed by atoms with Gasteiger partial charge in [0.05, 0.1) is 28.6 Å². The monoisotopic (exact) mass is 572 g/mol. The number of pyridine rings is 1. The fourth-order valence-corrected chi connectivity index (χ4v) is 5.92. The largest absolute Gasteiger partial charge is 0.481 e. The first-order valence-corrected chi connectivity index (χ1v) is 13.6. The van der Waals surface area contributed by atoms with Crippen LogP contribution in [0, 0.1) is 11.2 Å². The lowest BCUT2D eigenvalue weighted by Crippen LogP contribution is -2.33. The number of carboxylic acid groups (broad SMARTS) is 1. The minimum atomic E-state index is -1.28. The van der Waals surface area contributed by atoms with E-state index in [1.807, 2.05) is 6.07 Å². The van der Waals surface area contributed by atoms with E-state index >= 15 is 0 Å². The molecule has 1 unspecified atom stereocenters. The van der Waals surface area contributed by atoms with Crippen molar-refractivity contribution in [1.29, 1.82) is 0 Å². The van der Waals surface area contributed by atoms with Crippen LogP contribution in [0.2, 0.25) is 0 Å². The zero-order valence-electron chi connectivity index (χ0n) is 22.3. The lowest BCUT2D eigenvalue weighted by Gasteiger charge is -2.20.